The Balaban J connectivity index is 2.06. The quantitative estimate of drug-likeness (QED) is 0.568. The van der Waals surface area contributed by atoms with Crippen LogP contribution in [0.2, 0.25) is 0 Å². The summed E-state index contributed by atoms with van der Waals surface area (Å²) in [6.45, 7) is 1.36. The maximum Gasteiger partial charge on any atom is 0.274 e. The first kappa shape index (κ1) is 18.6. The van der Waals surface area contributed by atoms with Gasteiger partial charge in [-0.15, -0.1) is 0 Å². The summed E-state index contributed by atoms with van der Waals surface area (Å²) in [5, 5.41) is 8.65. The van der Waals surface area contributed by atoms with Crippen molar-refractivity contribution in [3.63, 3.8) is 0 Å². The maximum absolute atomic E-state index is 12.6. The summed E-state index contributed by atoms with van der Waals surface area (Å²) in [6.07, 6.45) is 0.329. The number of nitrogens with zero attached hydrogens (tertiary/aromatic N) is 1. The summed E-state index contributed by atoms with van der Waals surface area (Å²) in [6, 6.07) is 16.3. The zero-order chi connectivity index (χ0) is 18.1. The minimum atomic E-state index is -0.567. The number of rotatable bonds is 8. The van der Waals surface area contributed by atoms with Gasteiger partial charge in [-0.25, -0.2) is 5.48 Å². The summed E-state index contributed by atoms with van der Waals surface area (Å²) in [5.41, 5.74) is 3.81. The van der Waals surface area contributed by atoms with E-state index in [0.717, 1.165) is 11.1 Å². The van der Waals surface area contributed by atoms with E-state index in [1.165, 1.54) is 0 Å². The van der Waals surface area contributed by atoms with Gasteiger partial charge < -0.3 is 9.64 Å². The van der Waals surface area contributed by atoms with Crippen LogP contribution in [0, 0.1) is 0 Å². The molecule has 2 aromatic carbocycles. The average molecular weight is 342 g/mol. The van der Waals surface area contributed by atoms with Crippen LogP contribution in [0.15, 0.2) is 54.6 Å². The molecule has 25 heavy (non-hydrogen) atoms. The van der Waals surface area contributed by atoms with Crippen LogP contribution in [0.1, 0.15) is 21.5 Å². The lowest BCUT2D eigenvalue weighted by Crippen LogP contribution is -2.34. The van der Waals surface area contributed by atoms with Crippen LogP contribution < -0.4 is 5.48 Å². The highest BCUT2D eigenvalue weighted by Crippen LogP contribution is 2.10. The number of methoxy groups -OCH3 is 1. The molecule has 0 radical (unpaired) electrons. The Morgan fingerprint density at radius 3 is 2.32 bits per heavy atom. The fraction of sp³-hybridized carbons (Fsp3) is 0.263. The Hall–Kier alpha value is -2.70. The van der Waals surface area contributed by atoms with Crippen molar-refractivity contribution < 1.29 is 19.5 Å². The van der Waals surface area contributed by atoms with E-state index in [1.807, 2.05) is 30.3 Å². The van der Waals surface area contributed by atoms with Crippen molar-refractivity contribution in [1.82, 2.24) is 10.4 Å². The average Bonchev–Trinajstić information content (AvgIpc) is 2.65. The van der Waals surface area contributed by atoms with Crippen molar-refractivity contribution in [2.45, 2.75) is 13.0 Å². The fourth-order valence-corrected chi connectivity index (χ4v) is 2.42. The number of carbonyl (C=O) groups is 2. The third kappa shape index (κ3) is 5.70. The first-order valence-corrected chi connectivity index (χ1v) is 7.98. The number of amides is 2. The van der Waals surface area contributed by atoms with Gasteiger partial charge in [0.2, 0.25) is 5.91 Å². The molecule has 0 unspecified atom stereocenters. The summed E-state index contributed by atoms with van der Waals surface area (Å²) in [7, 11) is 1.60. The topological polar surface area (TPSA) is 78.9 Å². The molecule has 0 aromatic heterocycles. The number of hydroxylamine groups is 1. The molecule has 0 aliphatic carbocycles. The number of hydrogen-bond donors (Lipinski definition) is 2. The second kappa shape index (κ2) is 9.56. The zero-order valence-corrected chi connectivity index (χ0v) is 14.1. The molecule has 2 rings (SSSR count). The summed E-state index contributed by atoms with van der Waals surface area (Å²) >= 11 is 0. The summed E-state index contributed by atoms with van der Waals surface area (Å²) in [5.74, 6) is -0.552. The molecule has 2 aromatic rings. The molecule has 132 valence electrons. The summed E-state index contributed by atoms with van der Waals surface area (Å²) in [4.78, 5) is 25.7. The predicted molar refractivity (Wildman–Crippen MR) is 93.1 cm³/mol. The van der Waals surface area contributed by atoms with Gasteiger partial charge in [0, 0.05) is 25.8 Å². The number of carbonyl (C=O) groups excluding carboxylic acids is 2. The molecule has 0 atom stereocenters. The molecule has 0 bridgehead atoms. The van der Waals surface area contributed by atoms with E-state index in [1.54, 1.807) is 41.8 Å². The third-order valence-corrected chi connectivity index (χ3v) is 3.81. The Kier molecular flexibility index (Phi) is 7.13. The molecule has 2 amide bonds. The zero-order valence-electron chi connectivity index (χ0n) is 14.1. The number of hydrogen-bond acceptors (Lipinski definition) is 4. The van der Waals surface area contributed by atoms with Crippen molar-refractivity contribution >= 4 is 11.8 Å². The lowest BCUT2D eigenvalue weighted by atomic mass is 10.1. The van der Waals surface area contributed by atoms with Crippen molar-refractivity contribution in [2.75, 3.05) is 20.3 Å². The second-order valence-electron chi connectivity index (χ2n) is 5.61. The van der Waals surface area contributed by atoms with E-state index in [-0.39, 0.29) is 5.91 Å². The molecule has 0 saturated carbocycles. The molecule has 0 aliphatic rings. The van der Waals surface area contributed by atoms with E-state index in [9.17, 15) is 9.59 Å². The van der Waals surface area contributed by atoms with Gasteiger partial charge in [-0.2, -0.15) is 0 Å². The predicted octanol–water partition coefficient (Wildman–Crippen LogP) is 2.02. The second-order valence-corrected chi connectivity index (χ2v) is 5.61. The lowest BCUT2D eigenvalue weighted by molar-refractivity contribution is -0.131. The lowest BCUT2D eigenvalue weighted by Gasteiger charge is -2.23. The molecule has 0 spiro atoms. The normalized spacial score (nSPS) is 10.3. The van der Waals surface area contributed by atoms with E-state index in [4.69, 9.17) is 9.94 Å². The van der Waals surface area contributed by atoms with Gasteiger partial charge in [-0.05, 0) is 23.3 Å². The van der Waals surface area contributed by atoms with Gasteiger partial charge in [0.15, 0.2) is 0 Å². The van der Waals surface area contributed by atoms with Crippen molar-refractivity contribution in [3.8, 4) is 0 Å². The van der Waals surface area contributed by atoms with Crippen LogP contribution in [0.4, 0.5) is 0 Å². The minimum absolute atomic E-state index is 0.0143. The van der Waals surface area contributed by atoms with E-state index < -0.39 is 5.91 Å². The van der Waals surface area contributed by atoms with Crippen LogP contribution in [0.5, 0.6) is 0 Å². The van der Waals surface area contributed by atoms with E-state index in [0.29, 0.717) is 31.7 Å². The summed E-state index contributed by atoms with van der Waals surface area (Å²) < 4.78 is 5.10. The molecule has 0 aliphatic heterocycles. The number of ether oxygens (including phenoxy) is 1. The van der Waals surface area contributed by atoms with Gasteiger partial charge in [-0.1, -0.05) is 42.5 Å². The Labute approximate surface area is 147 Å². The van der Waals surface area contributed by atoms with Gasteiger partial charge in [0.1, 0.15) is 0 Å². The first-order chi connectivity index (χ1) is 12.1. The standard InChI is InChI=1S/C19H22N2O4/c1-25-12-11-21(18(22)13-15-5-3-2-4-6-15)14-16-7-9-17(10-8-16)19(23)20-24/h2-10,24H,11-14H2,1H3,(H,20,23). The van der Waals surface area contributed by atoms with Crippen LogP contribution in [-0.2, 0) is 22.5 Å². The van der Waals surface area contributed by atoms with Gasteiger partial charge in [0.05, 0.1) is 13.0 Å². The minimum Gasteiger partial charge on any atom is -0.383 e. The van der Waals surface area contributed by atoms with Crippen LogP contribution in [0.3, 0.4) is 0 Å². The molecule has 6 heteroatoms. The van der Waals surface area contributed by atoms with Crippen molar-refractivity contribution in [1.29, 1.82) is 0 Å². The Morgan fingerprint density at radius 1 is 1.04 bits per heavy atom. The molecular formula is C19H22N2O4. The highest BCUT2D eigenvalue weighted by molar-refractivity contribution is 5.93. The molecule has 6 nitrogen and oxygen atoms in total. The highest BCUT2D eigenvalue weighted by Gasteiger charge is 2.15. The van der Waals surface area contributed by atoms with Crippen molar-refractivity contribution in [2.24, 2.45) is 0 Å². The number of benzene rings is 2. The fourth-order valence-electron chi connectivity index (χ4n) is 2.42. The molecular weight excluding hydrogens is 320 g/mol. The largest absolute Gasteiger partial charge is 0.383 e. The van der Waals surface area contributed by atoms with Crippen LogP contribution in [0.25, 0.3) is 0 Å². The van der Waals surface area contributed by atoms with Gasteiger partial charge >= 0.3 is 0 Å². The number of nitrogens with one attached hydrogen (secondary N) is 1. The van der Waals surface area contributed by atoms with Crippen molar-refractivity contribution in [3.05, 3.63) is 71.3 Å². The Bertz CT molecular complexity index is 686. The van der Waals surface area contributed by atoms with Crippen LogP contribution in [-0.4, -0.2) is 42.2 Å². The van der Waals surface area contributed by atoms with Crippen LogP contribution >= 0.6 is 0 Å². The van der Waals surface area contributed by atoms with E-state index in [2.05, 4.69) is 0 Å². The molecule has 0 fully saturated rings. The molecule has 0 saturated heterocycles. The molecule has 0 heterocycles. The highest BCUT2D eigenvalue weighted by atomic mass is 16.5. The van der Waals surface area contributed by atoms with Gasteiger partial charge in [-0.3, -0.25) is 14.8 Å². The SMILES string of the molecule is COCCN(Cc1ccc(C(=O)NO)cc1)C(=O)Cc1ccccc1. The maximum atomic E-state index is 12.6. The van der Waals surface area contributed by atoms with E-state index >= 15 is 0 Å². The Morgan fingerprint density at radius 2 is 1.72 bits per heavy atom. The molecule has 2 N–H and O–H groups in total. The first-order valence-electron chi connectivity index (χ1n) is 7.98. The van der Waals surface area contributed by atoms with Gasteiger partial charge in [0.25, 0.3) is 5.91 Å². The smallest absolute Gasteiger partial charge is 0.274 e. The third-order valence-electron chi connectivity index (χ3n) is 3.81. The monoisotopic (exact) mass is 342 g/mol.